The molecule has 0 spiro atoms. The van der Waals surface area contributed by atoms with Crippen LogP contribution in [0.1, 0.15) is 108 Å². The van der Waals surface area contributed by atoms with Gasteiger partial charge in [0.1, 0.15) is 31.3 Å². The maximum atomic E-state index is 15.8. The smallest absolute Gasteiger partial charge is 0.343 e. The normalized spacial score (nSPS) is 16.0. The largest absolute Gasteiger partial charge is 0.490 e. The summed E-state index contributed by atoms with van der Waals surface area (Å²) in [6.07, 6.45) is 3.59. The van der Waals surface area contributed by atoms with E-state index >= 15 is 8.78 Å². The van der Waals surface area contributed by atoms with E-state index in [-0.39, 0.29) is 100 Å². The third kappa shape index (κ3) is 23.1. The molecule has 2 aliphatic carbocycles. The minimum absolute atomic E-state index is 0.0213. The molecule has 8 N–H and O–H groups in total. The number of aliphatic hydroxyl groups is 1. The number of benzene rings is 3. The minimum atomic E-state index is -2.08. The number of cyclic esters (lactones) is 1. The molecule has 1 fully saturated rings. The highest BCUT2D eigenvalue weighted by Gasteiger charge is 2.46. The lowest BCUT2D eigenvalue weighted by molar-refractivity contribution is -0.172. The number of nitrogens with zero attached hydrogens (tertiary/aromatic N) is 3. The summed E-state index contributed by atoms with van der Waals surface area (Å²) < 4.78 is 93.3. The molecule has 35 heteroatoms. The van der Waals surface area contributed by atoms with Crippen molar-refractivity contribution in [2.75, 3.05) is 151 Å². The number of fused-ring (bicyclic) bond motifs is 7. The summed E-state index contributed by atoms with van der Waals surface area (Å²) in [5.41, 5.74) is 1.19. The highest BCUT2D eigenvalue weighted by atomic mass is 19.1. The molecule has 0 saturated heterocycles. The number of hydrogen-bond acceptors (Lipinski definition) is 24. The predicted molar refractivity (Wildman–Crippen MR) is 397 cm³/mol. The SMILES string of the molecule is CC[C@@]1(O)C(=O)OCc2c1cc1n(c2=O)Cc2c-1nc1cc(F)c3c(c1c2[C@H](C)NC(=O)[C@@H](OCNC(=O)CNC(=O)[C@H](Cc1ccccc1)NC(=O)CNC(=O)CNC(=O)CCCOc1c(F)cc(N2C(=O)C=CC2=O)cc1C(=O)NCCOCCOCCOCCOCCOCCOCCOCCOC)C1CC1)CCC3. The van der Waals surface area contributed by atoms with Crippen molar-refractivity contribution in [1.82, 2.24) is 46.8 Å². The number of ether oxygens (including phenoxy) is 11. The Labute approximate surface area is 649 Å². The van der Waals surface area contributed by atoms with Gasteiger partial charge < -0.3 is 99.0 Å². The fraction of sp³-hybridized carbons (Fsp3) is 0.513. The number of halogens is 2. The molecule has 1 saturated carbocycles. The fourth-order valence-corrected chi connectivity index (χ4v) is 13.4. The number of nitrogens with one attached hydrogen (secondary N) is 7. The topological polar surface area (TPSA) is 415 Å². The van der Waals surface area contributed by atoms with Gasteiger partial charge in [-0.3, -0.25) is 47.9 Å². The van der Waals surface area contributed by atoms with E-state index in [1.807, 2.05) is 0 Å². The van der Waals surface area contributed by atoms with E-state index in [4.69, 9.17) is 57.1 Å². The maximum Gasteiger partial charge on any atom is 0.343 e. The number of aromatic nitrogens is 2. The average molecular weight is 1580 g/mol. The number of aryl methyl sites for hydroxylation is 1. The molecule has 5 aromatic rings. The van der Waals surface area contributed by atoms with Gasteiger partial charge in [-0.1, -0.05) is 37.3 Å². The van der Waals surface area contributed by atoms with Gasteiger partial charge in [0.25, 0.3) is 23.3 Å². The number of imide groups is 1. The van der Waals surface area contributed by atoms with Crippen LogP contribution >= 0.6 is 0 Å². The molecular weight excluding hydrogens is 1480 g/mol. The Morgan fingerprint density at radius 3 is 1.89 bits per heavy atom. The van der Waals surface area contributed by atoms with Crippen molar-refractivity contribution >= 4 is 75.7 Å². The van der Waals surface area contributed by atoms with Gasteiger partial charge in [-0.15, -0.1) is 0 Å². The zero-order chi connectivity index (χ0) is 80.4. The summed E-state index contributed by atoms with van der Waals surface area (Å²) in [6.45, 7) is 5.97. The second-order valence-corrected chi connectivity index (χ2v) is 27.1. The van der Waals surface area contributed by atoms with E-state index < -0.39 is 132 Å². The van der Waals surface area contributed by atoms with Gasteiger partial charge in [-0.2, -0.15) is 0 Å². The molecule has 4 atom stereocenters. The van der Waals surface area contributed by atoms with Gasteiger partial charge in [0, 0.05) is 67.3 Å². The van der Waals surface area contributed by atoms with E-state index in [2.05, 4.69) is 37.2 Å². The molecule has 0 unspecified atom stereocenters. The van der Waals surface area contributed by atoms with E-state index in [0.717, 1.165) is 29.8 Å². The number of carbonyl (C=O) groups is 10. The van der Waals surface area contributed by atoms with Crippen LogP contribution in [0.5, 0.6) is 5.75 Å². The molecule has 5 heterocycles. The van der Waals surface area contributed by atoms with E-state index in [9.17, 15) is 57.8 Å². The van der Waals surface area contributed by atoms with Crippen molar-refractivity contribution in [1.29, 1.82) is 0 Å². The molecule has 3 aliphatic heterocycles. The lowest BCUT2D eigenvalue weighted by Crippen LogP contribution is -2.52. The van der Waals surface area contributed by atoms with Crippen molar-refractivity contribution < 1.29 is 114 Å². The number of rotatable bonds is 49. The Morgan fingerprint density at radius 2 is 1.26 bits per heavy atom. The zero-order valence-electron chi connectivity index (χ0n) is 63.3. The average Bonchev–Trinajstić information content (AvgIpc) is 1.31. The van der Waals surface area contributed by atoms with E-state index in [1.165, 1.54) is 10.6 Å². The van der Waals surface area contributed by atoms with Crippen LogP contribution < -0.4 is 52.4 Å². The van der Waals surface area contributed by atoms with Gasteiger partial charge in [0.2, 0.25) is 35.4 Å². The van der Waals surface area contributed by atoms with Crippen molar-refractivity contribution in [3.05, 3.63) is 133 Å². The summed E-state index contributed by atoms with van der Waals surface area (Å²) in [6, 6.07) is 11.5. The fourth-order valence-electron chi connectivity index (χ4n) is 13.4. The van der Waals surface area contributed by atoms with Crippen molar-refractivity contribution in [3.63, 3.8) is 0 Å². The molecule has 3 aromatic carbocycles. The highest BCUT2D eigenvalue weighted by Crippen LogP contribution is 2.45. The molecule has 0 radical (unpaired) electrons. The molecular formula is C78H96F2N10O23. The first-order valence-electron chi connectivity index (χ1n) is 37.7. The first kappa shape index (κ1) is 85.3. The Balaban J connectivity index is 0.627. The van der Waals surface area contributed by atoms with Crippen LogP contribution in [0.4, 0.5) is 14.5 Å². The van der Waals surface area contributed by atoms with Gasteiger partial charge in [0.05, 0.1) is 172 Å². The minimum Gasteiger partial charge on any atom is -0.490 e. The van der Waals surface area contributed by atoms with Crippen molar-refractivity contribution in [2.45, 2.75) is 109 Å². The second-order valence-electron chi connectivity index (χ2n) is 27.1. The summed E-state index contributed by atoms with van der Waals surface area (Å²) in [5.74, 6) is -9.66. The number of esters is 1. The lowest BCUT2D eigenvalue weighted by Gasteiger charge is -2.31. The van der Waals surface area contributed by atoms with Crippen LogP contribution in [0.15, 0.2) is 71.5 Å². The maximum absolute atomic E-state index is 15.8. The number of amides is 9. The third-order valence-corrected chi connectivity index (χ3v) is 19.3. The van der Waals surface area contributed by atoms with Crippen molar-refractivity contribution in [3.8, 4) is 17.1 Å². The molecule has 113 heavy (non-hydrogen) atoms. The Kier molecular flexibility index (Phi) is 31.8. The van der Waals surface area contributed by atoms with Crippen LogP contribution in [-0.4, -0.2) is 232 Å². The summed E-state index contributed by atoms with van der Waals surface area (Å²) in [7, 11) is 1.61. The molecule has 33 nitrogen and oxygen atoms in total. The predicted octanol–water partition coefficient (Wildman–Crippen LogP) is 1.75. The number of anilines is 1. The van der Waals surface area contributed by atoms with Crippen molar-refractivity contribution in [2.24, 2.45) is 5.92 Å². The number of carbonyl (C=O) groups excluding carboxylic acids is 10. The first-order chi connectivity index (χ1) is 54.7. The van der Waals surface area contributed by atoms with Gasteiger partial charge in [-0.05, 0) is 92.2 Å². The zero-order valence-corrected chi connectivity index (χ0v) is 63.3. The molecule has 610 valence electrons. The van der Waals surface area contributed by atoms with E-state index in [1.54, 1.807) is 57.4 Å². The summed E-state index contributed by atoms with van der Waals surface area (Å²) in [5, 5.41) is 30.3. The Morgan fingerprint density at radius 1 is 0.655 bits per heavy atom. The van der Waals surface area contributed by atoms with E-state index in [0.29, 0.717) is 161 Å². The molecule has 2 aromatic heterocycles. The van der Waals surface area contributed by atoms with Crippen LogP contribution in [-0.2, 0) is 129 Å². The summed E-state index contributed by atoms with van der Waals surface area (Å²) in [4.78, 5) is 152. The van der Waals surface area contributed by atoms with Crippen LogP contribution in [0.25, 0.3) is 22.3 Å². The third-order valence-electron chi connectivity index (χ3n) is 19.3. The van der Waals surface area contributed by atoms with Gasteiger partial charge >= 0.3 is 5.97 Å². The first-order valence-corrected chi connectivity index (χ1v) is 37.7. The van der Waals surface area contributed by atoms with Gasteiger partial charge in [-0.25, -0.2) is 23.5 Å². The van der Waals surface area contributed by atoms with Crippen LogP contribution in [0.3, 0.4) is 0 Å². The standard InChI is InChI=1S/C78H96F2N10O23/c1-4-78(102)56-39-61-70-54(44-89(61)76(100)55(56)45-112-77(78)101)68(69-52-13-8-12-51(52)57(79)40-59(69)88-70)47(2)86-75(99)71(49-15-16-49)113-46-85-64(93)42-84-74(98)60(36-48-10-6-5-7-11-48)87-65(94)43-83-63(92)41-82-62(91)14-9-20-111-72-53(37-50(38-58(72)80)90-66(95)17-18-67(90)96)73(97)81-19-21-104-24-25-106-28-29-108-32-33-110-35-34-109-31-30-107-27-26-105-23-22-103-3/h5-7,10-11,17-18,37-40,47,49,60,71,102H,4,8-9,12-16,19-36,41-46H2,1-3H3,(H,81,97)(H,82,91)(H,83,92)(H,84,98)(H,85,93)(H,86,99)(H,87,94)/t47-,60-,71-,78-/m0/s1. The Bertz CT molecular complexity index is 4330. The van der Waals surface area contributed by atoms with Gasteiger partial charge in [0.15, 0.2) is 17.2 Å². The molecule has 9 amide bonds. The molecule has 10 rings (SSSR count). The summed E-state index contributed by atoms with van der Waals surface area (Å²) >= 11 is 0. The molecule has 5 aliphatic rings. The Hall–Kier alpha value is -10.1. The lowest BCUT2D eigenvalue weighted by atomic mass is 9.86. The quantitative estimate of drug-likeness (QED) is 0.0117. The number of hydrogen-bond donors (Lipinski definition) is 8. The van der Waals surface area contributed by atoms with Crippen LogP contribution in [0, 0.1) is 17.6 Å². The van der Waals surface area contributed by atoms with Crippen LogP contribution in [0.2, 0.25) is 0 Å². The molecule has 0 bridgehead atoms. The monoisotopic (exact) mass is 1580 g/mol. The second kappa shape index (κ2) is 42.2. The number of pyridine rings is 2. The number of methoxy groups -OCH3 is 1. The highest BCUT2D eigenvalue weighted by molar-refractivity contribution is 6.28.